The van der Waals surface area contributed by atoms with E-state index in [9.17, 15) is 10.1 Å². The zero-order valence-corrected chi connectivity index (χ0v) is 11.1. The first-order valence-corrected chi connectivity index (χ1v) is 4.08. The van der Waals surface area contributed by atoms with Crippen molar-refractivity contribution in [3.8, 4) is 0 Å². The zero-order chi connectivity index (χ0) is 9.84. The number of hydrogen-bond donors (Lipinski definition) is 1. The minimum absolute atomic E-state index is 0. The lowest BCUT2D eigenvalue weighted by atomic mass is 10.1. The molecule has 0 saturated heterocycles. The van der Waals surface area contributed by atoms with E-state index in [0.717, 1.165) is 12.0 Å². The normalized spacial score (nSPS) is 10.1. The second-order valence-corrected chi connectivity index (χ2v) is 3.10. The third kappa shape index (κ3) is 6.85. The van der Waals surface area contributed by atoms with Crippen molar-refractivity contribution >= 4 is 42.9 Å². The summed E-state index contributed by atoms with van der Waals surface area (Å²) in [5, 5.41) is 10.3. The van der Waals surface area contributed by atoms with Crippen LogP contribution in [0, 0.1) is 10.1 Å². The first kappa shape index (κ1) is 20.8. The van der Waals surface area contributed by atoms with Gasteiger partial charge in [-0.1, -0.05) is 12.1 Å². The van der Waals surface area contributed by atoms with Gasteiger partial charge in [-0.25, -0.2) is 0 Å². The molecular formula is C9H15Cl3N2O2. The van der Waals surface area contributed by atoms with Crippen LogP contribution in [0.3, 0.4) is 0 Å². The lowest BCUT2D eigenvalue weighted by Gasteiger charge is -2.03. The zero-order valence-electron chi connectivity index (χ0n) is 8.66. The summed E-state index contributed by atoms with van der Waals surface area (Å²) in [6.07, 6.45) is 0.748. The smallest absolute Gasteiger partial charge is 0.269 e. The van der Waals surface area contributed by atoms with Crippen LogP contribution in [0.5, 0.6) is 0 Å². The van der Waals surface area contributed by atoms with Crippen molar-refractivity contribution in [2.75, 3.05) is 0 Å². The molecule has 0 aromatic heterocycles. The van der Waals surface area contributed by atoms with E-state index < -0.39 is 4.92 Å². The van der Waals surface area contributed by atoms with Crippen LogP contribution in [0.15, 0.2) is 24.3 Å². The summed E-state index contributed by atoms with van der Waals surface area (Å²) >= 11 is 0. The molecule has 7 heteroatoms. The van der Waals surface area contributed by atoms with Gasteiger partial charge >= 0.3 is 0 Å². The standard InChI is InChI=1S/C9H12N2O2.3ClH/c1-7(10)6-8-2-4-9(5-3-8)11(12)13;;;/h2-5,7H,6,10H2,1H3;3*1H. The lowest BCUT2D eigenvalue weighted by molar-refractivity contribution is -0.384. The van der Waals surface area contributed by atoms with E-state index in [0.29, 0.717) is 0 Å². The molecule has 0 aliphatic rings. The van der Waals surface area contributed by atoms with Gasteiger partial charge in [0.15, 0.2) is 0 Å². The van der Waals surface area contributed by atoms with Crippen LogP contribution in [-0.2, 0) is 6.42 Å². The number of nitrogens with two attached hydrogens (primary N) is 1. The van der Waals surface area contributed by atoms with Gasteiger partial charge in [0.1, 0.15) is 0 Å². The summed E-state index contributed by atoms with van der Waals surface area (Å²) in [5.41, 5.74) is 6.74. The Hall–Kier alpha value is -0.550. The number of nitro benzene ring substituents is 1. The van der Waals surface area contributed by atoms with Gasteiger partial charge in [0.2, 0.25) is 0 Å². The average molecular weight is 290 g/mol. The summed E-state index contributed by atoms with van der Waals surface area (Å²) in [6, 6.07) is 6.56. The molecule has 0 heterocycles. The predicted octanol–water partition coefficient (Wildman–Crippen LogP) is 2.75. The molecule has 0 spiro atoms. The quantitative estimate of drug-likeness (QED) is 0.687. The Bertz CT molecular complexity index is 304. The molecule has 0 saturated carbocycles. The van der Waals surface area contributed by atoms with Crippen LogP contribution in [-0.4, -0.2) is 11.0 Å². The number of nitro groups is 1. The average Bonchev–Trinajstić information content (AvgIpc) is 2.04. The van der Waals surface area contributed by atoms with Crippen molar-refractivity contribution in [1.29, 1.82) is 0 Å². The number of benzene rings is 1. The molecule has 1 aromatic rings. The molecular weight excluding hydrogens is 274 g/mol. The molecule has 0 bridgehead atoms. The highest BCUT2D eigenvalue weighted by atomic mass is 35.5. The van der Waals surface area contributed by atoms with Gasteiger partial charge in [-0.15, -0.1) is 37.2 Å². The maximum atomic E-state index is 10.3. The second-order valence-electron chi connectivity index (χ2n) is 3.10. The highest BCUT2D eigenvalue weighted by molar-refractivity contribution is 5.86. The van der Waals surface area contributed by atoms with Gasteiger partial charge in [-0.05, 0) is 18.9 Å². The van der Waals surface area contributed by atoms with Crippen LogP contribution in [0.1, 0.15) is 12.5 Å². The minimum atomic E-state index is -0.407. The number of nitrogens with zero attached hydrogens (tertiary/aromatic N) is 1. The summed E-state index contributed by atoms with van der Waals surface area (Å²) in [6.45, 7) is 1.90. The van der Waals surface area contributed by atoms with Crippen LogP contribution in [0.2, 0.25) is 0 Å². The van der Waals surface area contributed by atoms with Gasteiger partial charge in [0, 0.05) is 18.2 Å². The number of hydrogen-bond acceptors (Lipinski definition) is 3. The van der Waals surface area contributed by atoms with Crippen molar-refractivity contribution in [1.82, 2.24) is 0 Å². The van der Waals surface area contributed by atoms with Crippen molar-refractivity contribution in [3.63, 3.8) is 0 Å². The fraction of sp³-hybridized carbons (Fsp3) is 0.333. The van der Waals surface area contributed by atoms with Crippen molar-refractivity contribution in [3.05, 3.63) is 39.9 Å². The van der Waals surface area contributed by atoms with Crippen LogP contribution in [0.4, 0.5) is 5.69 Å². The lowest BCUT2D eigenvalue weighted by Crippen LogP contribution is -2.17. The van der Waals surface area contributed by atoms with Gasteiger partial charge in [0.05, 0.1) is 4.92 Å². The first-order chi connectivity index (χ1) is 6.09. The third-order valence-electron chi connectivity index (χ3n) is 1.70. The van der Waals surface area contributed by atoms with E-state index in [1.54, 1.807) is 12.1 Å². The molecule has 1 atom stereocenters. The Morgan fingerprint density at radius 1 is 1.25 bits per heavy atom. The van der Waals surface area contributed by atoms with Gasteiger partial charge in [0.25, 0.3) is 5.69 Å². The van der Waals surface area contributed by atoms with Crippen LogP contribution in [0.25, 0.3) is 0 Å². The van der Waals surface area contributed by atoms with Crippen molar-refractivity contribution in [2.24, 2.45) is 5.73 Å². The number of non-ortho nitro benzene ring substituents is 1. The van der Waals surface area contributed by atoms with Gasteiger partial charge in [-0.3, -0.25) is 10.1 Å². The van der Waals surface area contributed by atoms with Gasteiger partial charge < -0.3 is 5.73 Å². The maximum Gasteiger partial charge on any atom is 0.269 e. The van der Waals surface area contributed by atoms with E-state index in [4.69, 9.17) is 5.73 Å². The molecule has 0 aliphatic carbocycles. The van der Waals surface area contributed by atoms with Crippen molar-refractivity contribution in [2.45, 2.75) is 19.4 Å². The summed E-state index contributed by atoms with van der Waals surface area (Å²) in [7, 11) is 0. The largest absolute Gasteiger partial charge is 0.328 e. The highest BCUT2D eigenvalue weighted by Crippen LogP contribution is 2.12. The maximum absolute atomic E-state index is 10.3. The SMILES string of the molecule is CC(N)Cc1ccc([N+](=O)[O-])cc1.Cl.Cl.Cl. The van der Waals surface area contributed by atoms with E-state index in [-0.39, 0.29) is 49.0 Å². The summed E-state index contributed by atoms with van der Waals surface area (Å²) in [4.78, 5) is 9.91. The minimum Gasteiger partial charge on any atom is -0.328 e. The Morgan fingerprint density at radius 3 is 2.00 bits per heavy atom. The van der Waals surface area contributed by atoms with Crippen molar-refractivity contribution < 1.29 is 4.92 Å². The predicted molar refractivity (Wildman–Crippen MR) is 72.2 cm³/mol. The number of halogens is 3. The van der Waals surface area contributed by atoms with E-state index in [2.05, 4.69) is 0 Å². The Balaban J connectivity index is -0.000000563. The molecule has 1 rings (SSSR count). The highest BCUT2D eigenvalue weighted by Gasteiger charge is 2.04. The molecule has 94 valence electrons. The third-order valence-corrected chi connectivity index (χ3v) is 1.70. The fourth-order valence-corrected chi connectivity index (χ4v) is 1.13. The second kappa shape index (κ2) is 9.66. The molecule has 0 aliphatic heterocycles. The molecule has 2 N–H and O–H groups in total. The topological polar surface area (TPSA) is 69.2 Å². The van der Waals surface area contributed by atoms with Gasteiger partial charge in [-0.2, -0.15) is 0 Å². The fourth-order valence-electron chi connectivity index (χ4n) is 1.13. The Morgan fingerprint density at radius 2 is 1.69 bits per heavy atom. The molecule has 4 nitrogen and oxygen atoms in total. The first-order valence-electron chi connectivity index (χ1n) is 4.08. The van der Waals surface area contributed by atoms with E-state index >= 15 is 0 Å². The summed E-state index contributed by atoms with van der Waals surface area (Å²) in [5.74, 6) is 0. The van der Waals surface area contributed by atoms with Crippen LogP contribution >= 0.6 is 37.2 Å². The number of rotatable bonds is 3. The summed E-state index contributed by atoms with van der Waals surface area (Å²) < 4.78 is 0. The molecule has 1 aromatic carbocycles. The molecule has 0 radical (unpaired) electrons. The van der Waals surface area contributed by atoms with E-state index in [1.807, 2.05) is 6.92 Å². The molecule has 1 unspecified atom stereocenters. The van der Waals surface area contributed by atoms with E-state index in [1.165, 1.54) is 12.1 Å². The molecule has 0 fully saturated rings. The molecule has 16 heavy (non-hydrogen) atoms. The van der Waals surface area contributed by atoms with Crippen LogP contribution < -0.4 is 5.73 Å². The Labute approximate surface area is 113 Å². The molecule has 0 amide bonds. The monoisotopic (exact) mass is 288 g/mol. The Kier molecular flexibility index (Phi) is 12.6.